The summed E-state index contributed by atoms with van der Waals surface area (Å²) >= 11 is 0. The summed E-state index contributed by atoms with van der Waals surface area (Å²) in [6, 6.07) is 6.94. The Morgan fingerprint density at radius 2 is 2.10 bits per heavy atom. The summed E-state index contributed by atoms with van der Waals surface area (Å²) in [4.78, 5) is 6.53. The lowest BCUT2D eigenvalue weighted by molar-refractivity contribution is 0.446. The highest BCUT2D eigenvalue weighted by Gasteiger charge is 2.14. The Labute approximate surface area is 125 Å². The van der Waals surface area contributed by atoms with E-state index in [1.54, 1.807) is 0 Å². The van der Waals surface area contributed by atoms with Crippen LogP contribution in [0.15, 0.2) is 22.6 Å². The molecule has 6 heteroatoms. The van der Waals surface area contributed by atoms with Crippen LogP contribution in [0.25, 0.3) is 0 Å². The molecule has 114 valence electrons. The lowest BCUT2D eigenvalue weighted by atomic mass is 10.3. The van der Waals surface area contributed by atoms with Crippen LogP contribution in [0.1, 0.15) is 38.0 Å². The lowest BCUT2D eigenvalue weighted by Crippen LogP contribution is -2.23. The fraction of sp³-hybridized carbons (Fsp3) is 0.533. The second kappa shape index (κ2) is 7.17. The standard InChI is InChI=1S/C15H23N5O/c1-5-20(10-13-8-6-7-12(4)17-13)15-19-18-14(21-15)9-16-11(2)3/h6-8,11,16H,5,9-10H2,1-4H3. The molecule has 0 aliphatic heterocycles. The van der Waals surface area contributed by atoms with Crippen molar-refractivity contribution in [1.29, 1.82) is 0 Å². The van der Waals surface area contributed by atoms with Crippen LogP contribution >= 0.6 is 0 Å². The van der Waals surface area contributed by atoms with Gasteiger partial charge < -0.3 is 14.6 Å². The fourth-order valence-electron chi connectivity index (χ4n) is 1.93. The summed E-state index contributed by atoms with van der Waals surface area (Å²) < 4.78 is 5.70. The van der Waals surface area contributed by atoms with E-state index in [-0.39, 0.29) is 0 Å². The van der Waals surface area contributed by atoms with Crippen molar-refractivity contribution in [3.05, 3.63) is 35.5 Å². The number of aromatic nitrogens is 3. The van der Waals surface area contributed by atoms with Gasteiger partial charge in [-0.05, 0) is 26.0 Å². The summed E-state index contributed by atoms with van der Waals surface area (Å²) in [5.41, 5.74) is 2.01. The van der Waals surface area contributed by atoms with Crippen LogP contribution in [0.2, 0.25) is 0 Å². The molecule has 0 saturated carbocycles. The Kier molecular flexibility index (Phi) is 5.27. The highest BCUT2D eigenvalue weighted by molar-refractivity contribution is 5.26. The van der Waals surface area contributed by atoms with Gasteiger partial charge in [-0.3, -0.25) is 4.98 Å². The van der Waals surface area contributed by atoms with Crippen molar-refractivity contribution in [2.45, 2.75) is 46.8 Å². The van der Waals surface area contributed by atoms with Crippen LogP contribution in [0.4, 0.5) is 6.01 Å². The molecule has 1 N–H and O–H groups in total. The van der Waals surface area contributed by atoms with Gasteiger partial charge in [0, 0.05) is 18.3 Å². The predicted octanol–water partition coefficient (Wildman–Crippen LogP) is 2.30. The van der Waals surface area contributed by atoms with Gasteiger partial charge in [0.05, 0.1) is 18.8 Å². The molecule has 2 aromatic rings. The van der Waals surface area contributed by atoms with E-state index in [0.717, 1.165) is 17.9 Å². The second-order valence-electron chi connectivity index (χ2n) is 5.30. The van der Waals surface area contributed by atoms with E-state index < -0.39 is 0 Å². The van der Waals surface area contributed by atoms with Crippen molar-refractivity contribution in [1.82, 2.24) is 20.5 Å². The molecular weight excluding hydrogens is 266 g/mol. The van der Waals surface area contributed by atoms with Gasteiger partial charge in [-0.2, -0.15) is 0 Å². The molecule has 0 saturated heterocycles. The van der Waals surface area contributed by atoms with Crippen molar-refractivity contribution < 1.29 is 4.42 Å². The van der Waals surface area contributed by atoms with E-state index in [4.69, 9.17) is 4.42 Å². The molecule has 0 aliphatic carbocycles. The fourth-order valence-corrected chi connectivity index (χ4v) is 1.93. The number of rotatable bonds is 7. The molecule has 0 bridgehead atoms. The molecule has 0 radical (unpaired) electrons. The minimum atomic E-state index is 0.388. The average molecular weight is 289 g/mol. The van der Waals surface area contributed by atoms with Crippen LogP contribution in [0, 0.1) is 6.92 Å². The maximum absolute atomic E-state index is 5.70. The zero-order valence-corrected chi connectivity index (χ0v) is 13.1. The first kappa shape index (κ1) is 15.4. The van der Waals surface area contributed by atoms with Gasteiger partial charge in [0.25, 0.3) is 0 Å². The number of anilines is 1. The summed E-state index contributed by atoms with van der Waals surface area (Å²) in [6.07, 6.45) is 0. The third-order valence-corrected chi connectivity index (χ3v) is 3.07. The third-order valence-electron chi connectivity index (χ3n) is 3.07. The van der Waals surface area contributed by atoms with E-state index in [1.165, 1.54) is 0 Å². The molecule has 2 aromatic heterocycles. The molecular formula is C15H23N5O. The minimum absolute atomic E-state index is 0.388. The Bertz CT molecular complexity index is 567. The van der Waals surface area contributed by atoms with Gasteiger partial charge in [-0.1, -0.05) is 25.0 Å². The van der Waals surface area contributed by atoms with E-state index in [0.29, 0.717) is 31.0 Å². The van der Waals surface area contributed by atoms with Crippen molar-refractivity contribution in [2.24, 2.45) is 0 Å². The zero-order chi connectivity index (χ0) is 15.2. The number of pyridine rings is 1. The van der Waals surface area contributed by atoms with Gasteiger partial charge in [0.2, 0.25) is 5.89 Å². The second-order valence-corrected chi connectivity index (χ2v) is 5.30. The largest absolute Gasteiger partial charge is 0.407 e. The van der Waals surface area contributed by atoms with Crippen molar-refractivity contribution in [2.75, 3.05) is 11.4 Å². The highest BCUT2D eigenvalue weighted by Crippen LogP contribution is 2.15. The first-order valence-electron chi connectivity index (χ1n) is 7.31. The highest BCUT2D eigenvalue weighted by atomic mass is 16.4. The molecule has 21 heavy (non-hydrogen) atoms. The Morgan fingerprint density at radius 1 is 1.29 bits per heavy atom. The maximum atomic E-state index is 5.70. The molecule has 0 aliphatic rings. The molecule has 0 aromatic carbocycles. The third kappa shape index (κ3) is 4.53. The lowest BCUT2D eigenvalue weighted by Gasteiger charge is -2.17. The minimum Gasteiger partial charge on any atom is -0.407 e. The summed E-state index contributed by atoms with van der Waals surface area (Å²) in [6.45, 7) is 10.3. The van der Waals surface area contributed by atoms with Crippen molar-refractivity contribution >= 4 is 6.01 Å². The van der Waals surface area contributed by atoms with E-state index >= 15 is 0 Å². The molecule has 0 spiro atoms. The first-order valence-corrected chi connectivity index (χ1v) is 7.31. The Balaban J connectivity index is 2.03. The number of nitrogens with zero attached hydrogens (tertiary/aromatic N) is 4. The number of hydrogen-bond acceptors (Lipinski definition) is 6. The van der Waals surface area contributed by atoms with E-state index in [9.17, 15) is 0 Å². The maximum Gasteiger partial charge on any atom is 0.318 e. The van der Waals surface area contributed by atoms with Crippen molar-refractivity contribution in [3.63, 3.8) is 0 Å². The van der Waals surface area contributed by atoms with Gasteiger partial charge in [-0.25, -0.2) is 0 Å². The Hall–Kier alpha value is -1.95. The van der Waals surface area contributed by atoms with Gasteiger partial charge in [-0.15, -0.1) is 5.10 Å². The van der Waals surface area contributed by atoms with Crippen LogP contribution in [-0.4, -0.2) is 27.8 Å². The van der Waals surface area contributed by atoms with Gasteiger partial charge in [0.15, 0.2) is 0 Å². The smallest absolute Gasteiger partial charge is 0.318 e. The SMILES string of the molecule is CCN(Cc1cccc(C)n1)c1nnc(CNC(C)C)o1. The van der Waals surface area contributed by atoms with Crippen LogP contribution < -0.4 is 10.2 Å². The molecule has 6 nitrogen and oxygen atoms in total. The van der Waals surface area contributed by atoms with Crippen LogP contribution in [0.3, 0.4) is 0 Å². The van der Waals surface area contributed by atoms with E-state index in [1.807, 2.05) is 30.0 Å². The van der Waals surface area contributed by atoms with Crippen LogP contribution in [0.5, 0.6) is 0 Å². The predicted molar refractivity (Wildman–Crippen MR) is 82.0 cm³/mol. The normalized spacial score (nSPS) is 11.1. The first-order chi connectivity index (χ1) is 10.1. The number of aryl methyl sites for hydroxylation is 1. The Morgan fingerprint density at radius 3 is 2.76 bits per heavy atom. The van der Waals surface area contributed by atoms with Crippen LogP contribution in [-0.2, 0) is 13.1 Å². The quantitative estimate of drug-likeness (QED) is 0.843. The summed E-state index contributed by atoms with van der Waals surface area (Å²) in [5.74, 6) is 0.606. The molecule has 2 rings (SSSR count). The topological polar surface area (TPSA) is 67.1 Å². The van der Waals surface area contributed by atoms with Gasteiger partial charge in [0.1, 0.15) is 0 Å². The summed E-state index contributed by atoms with van der Waals surface area (Å²) in [5, 5.41) is 11.5. The van der Waals surface area contributed by atoms with Gasteiger partial charge >= 0.3 is 6.01 Å². The van der Waals surface area contributed by atoms with E-state index in [2.05, 4.69) is 41.3 Å². The zero-order valence-electron chi connectivity index (χ0n) is 13.1. The molecule has 0 fully saturated rings. The van der Waals surface area contributed by atoms with Crippen molar-refractivity contribution in [3.8, 4) is 0 Å². The average Bonchev–Trinajstić information content (AvgIpc) is 2.91. The summed E-state index contributed by atoms with van der Waals surface area (Å²) in [7, 11) is 0. The molecule has 0 atom stereocenters. The molecule has 0 unspecified atom stereocenters. The molecule has 2 heterocycles. The monoisotopic (exact) mass is 289 g/mol. The number of hydrogen-bond donors (Lipinski definition) is 1. The number of nitrogens with one attached hydrogen (secondary N) is 1. The molecule has 0 amide bonds.